The third kappa shape index (κ3) is 3.47. The molecule has 0 aliphatic carbocycles. The predicted molar refractivity (Wildman–Crippen MR) is 122 cm³/mol. The molecule has 6 nitrogen and oxygen atoms in total. The van der Waals surface area contributed by atoms with Gasteiger partial charge in [-0.05, 0) is 65.6 Å². The molecule has 0 aliphatic rings. The van der Waals surface area contributed by atoms with E-state index in [1.165, 1.54) is 28.1 Å². The Morgan fingerprint density at radius 3 is 2.23 bits per heavy atom. The van der Waals surface area contributed by atoms with E-state index in [4.69, 9.17) is 0 Å². The van der Waals surface area contributed by atoms with E-state index in [0.717, 1.165) is 42.5 Å². The molecule has 0 bridgehead atoms. The van der Waals surface area contributed by atoms with Gasteiger partial charge in [0.25, 0.3) is 11.6 Å². The summed E-state index contributed by atoms with van der Waals surface area (Å²) in [7, 11) is 0. The molecule has 2 aromatic carbocycles. The highest BCUT2D eigenvalue weighted by Gasteiger charge is 2.24. The van der Waals surface area contributed by atoms with Crippen LogP contribution in [0.15, 0.2) is 24.4 Å². The van der Waals surface area contributed by atoms with Crippen LogP contribution in [-0.2, 0) is 25.7 Å². The van der Waals surface area contributed by atoms with Gasteiger partial charge in [0.1, 0.15) is 5.69 Å². The first-order valence-electron chi connectivity index (χ1n) is 10.6. The summed E-state index contributed by atoms with van der Waals surface area (Å²) in [6.07, 6.45) is 4.63. The molecule has 0 fully saturated rings. The highest BCUT2D eigenvalue weighted by Crippen LogP contribution is 2.38. The maximum atomic E-state index is 13.1. The van der Waals surface area contributed by atoms with E-state index in [1.807, 2.05) is 0 Å². The number of nitro groups is 1. The van der Waals surface area contributed by atoms with E-state index in [9.17, 15) is 14.9 Å². The van der Waals surface area contributed by atoms with Crippen molar-refractivity contribution in [1.82, 2.24) is 4.98 Å². The Balaban J connectivity index is 2.24. The fourth-order valence-corrected chi connectivity index (χ4v) is 4.51. The number of aromatic amines is 1. The Hall–Kier alpha value is -3.15. The molecule has 2 N–H and O–H groups in total. The zero-order valence-electron chi connectivity index (χ0n) is 18.3. The number of H-pyrrole nitrogens is 1. The summed E-state index contributed by atoms with van der Waals surface area (Å²) < 4.78 is 0. The molecule has 3 rings (SSSR count). The third-order valence-corrected chi connectivity index (χ3v) is 5.96. The Bertz CT molecular complexity index is 1130. The molecule has 1 amide bonds. The van der Waals surface area contributed by atoms with Crippen LogP contribution in [0, 0.1) is 17.0 Å². The topological polar surface area (TPSA) is 88.0 Å². The highest BCUT2D eigenvalue weighted by molar-refractivity contribution is 6.08. The number of hydrogen-bond acceptors (Lipinski definition) is 3. The molecule has 0 atom stereocenters. The molecule has 30 heavy (non-hydrogen) atoms. The lowest BCUT2D eigenvalue weighted by molar-refractivity contribution is -0.385. The normalized spacial score (nSPS) is 11.1. The second-order valence-corrected chi connectivity index (χ2v) is 7.45. The quantitative estimate of drug-likeness (QED) is 0.378. The predicted octanol–water partition coefficient (Wildman–Crippen LogP) is 5.89. The molecule has 158 valence electrons. The lowest BCUT2D eigenvalue weighted by Gasteiger charge is -2.23. The standard InChI is InChI=1S/C24H29N3O3/c1-6-15-11-10-12-19-16(7-2)17(8-3)23(18(9-4)21(15)19)26-24(28)22-14(5)20(13-25-22)27(29)30/h10-13,25H,6-9H2,1-5H3,(H,26,28). The van der Waals surface area contributed by atoms with Crippen molar-refractivity contribution in [3.8, 4) is 0 Å². The van der Waals surface area contributed by atoms with Gasteiger partial charge in [0.15, 0.2) is 0 Å². The van der Waals surface area contributed by atoms with E-state index in [1.54, 1.807) is 6.92 Å². The van der Waals surface area contributed by atoms with Gasteiger partial charge in [-0.15, -0.1) is 0 Å². The van der Waals surface area contributed by atoms with Crippen molar-refractivity contribution in [2.75, 3.05) is 5.32 Å². The highest BCUT2D eigenvalue weighted by atomic mass is 16.6. The molecule has 3 aromatic rings. The van der Waals surface area contributed by atoms with Gasteiger partial charge in [-0.1, -0.05) is 45.9 Å². The van der Waals surface area contributed by atoms with Crippen molar-refractivity contribution in [2.45, 2.75) is 60.3 Å². The molecule has 0 radical (unpaired) electrons. The van der Waals surface area contributed by atoms with Crippen LogP contribution in [-0.4, -0.2) is 15.8 Å². The Morgan fingerprint density at radius 1 is 1.03 bits per heavy atom. The first kappa shape index (κ1) is 21.6. The summed E-state index contributed by atoms with van der Waals surface area (Å²) in [6, 6.07) is 6.44. The molecule has 0 saturated heterocycles. The number of aryl methyl sites for hydroxylation is 3. The van der Waals surface area contributed by atoms with Crippen molar-refractivity contribution >= 4 is 28.1 Å². The molecule has 1 heterocycles. The number of nitrogens with zero attached hydrogens (tertiary/aromatic N) is 1. The summed E-state index contributed by atoms with van der Waals surface area (Å²) in [6.45, 7) is 10.1. The summed E-state index contributed by atoms with van der Waals surface area (Å²) in [5.74, 6) is -0.347. The minimum absolute atomic E-state index is 0.0763. The summed E-state index contributed by atoms with van der Waals surface area (Å²) in [4.78, 5) is 26.6. The number of rotatable bonds is 7. The Morgan fingerprint density at radius 2 is 1.70 bits per heavy atom. The van der Waals surface area contributed by atoms with Crippen LogP contribution in [0.4, 0.5) is 11.4 Å². The number of fused-ring (bicyclic) bond motifs is 1. The summed E-state index contributed by atoms with van der Waals surface area (Å²) in [5.41, 5.74) is 6.14. The average Bonchev–Trinajstić information content (AvgIpc) is 3.13. The smallest absolute Gasteiger partial charge is 0.290 e. The summed E-state index contributed by atoms with van der Waals surface area (Å²) in [5, 5.41) is 16.8. The Labute approximate surface area is 176 Å². The number of carbonyl (C=O) groups excluding carboxylic acids is 1. The zero-order chi connectivity index (χ0) is 22.0. The van der Waals surface area contributed by atoms with E-state index in [2.05, 4.69) is 56.2 Å². The zero-order valence-corrected chi connectivity index (χ0v) is 18.3. The van der Waals surface area contributed by atoms with Crippen LogP contribution in [0.2, 0.25) is 0 Å². The van der Waals surface area contributed by atoms with Crippen LogP contribution < -0.4 is 5.32 Å². The van der Waals surface area contributed by atoms with Crippen LogP contribution in [0.1, 0.15) is 66.0 Å². The van der Waals surface area contributed by atoms with Crippen LogP contribution in [0.25, 0.3) is 10.8 Å². The van der Waals surface area contributed by atoms with Gasteiger partial charge in [0.05, 0.1) is 16.7 Å². The number of nitrogens with one attached hydrogen (secondary N) is 2. The molecule has 0 spiro atoms. The van der Waals surface area contributed by atoms with Gasteiger partial charge >= 0.3 is 0 Å². The van der Waals surface area contributed by atoms with Gasteiger partial charge in [-0.3, -0.25) is 14.9 Å². The van der Waals surface area contributed by atoms with Crippen molar-refractivity contribution in [1.29, 1.82) is 0 Å². The van der Waals surface area contributed by atoms with Gasteiger partial charge in [0, 0.05) is 5.69 Å². The first-order valence-corrected chi connectivity index (χ1v) is 10.6. The summed E-state index contributed by atoms with van der Waals surface area (Å²) >= 11 is 0. The number of hydrogen-bond donors (Lipinski definition) is 2. The molecule has 0 unspecified atom stereocenters. The van der Waals surface area contributed by atoms with E-state index in [0.29, 0.717) is 5.56 Å². The van der Waals surface area contributed by atoms with Crippen molar-refractivity contribution in [3.63, 3.8) is 0 Å². The van der Waals surface area contributed by atoms with Crippen LogP contribution in [0.3, 0.4) is 0 Å². The monoisotopic (exact) mass is 407 g/mol. The van der Waals surface area contributed by atoms with Crippen molar-refractivity contribution in [3.05, 3.63) is 68.0 Å². The number of carbonyl (C=O) groups is 1. The minimum atomic E-state index is -0.476. The van der Waals surface area contributed by atoms with Crippen molar-refractivity contribution < 1.29 is 9.72 Å². The fourth-order valence-electron chi connectivity index (χ4n) is 4.51. The molecule has 1 aromatic heterocycles. The van der Waals surface area contributed by atoms with E-state index < -0.39 is 4.92 Å². The largest absolute Gasteiger partial charge is 0.351 e. The van der Waals surface area contributed by atoms with E-state index >= 15 is 0 Å². The third-order valence-electron chi connectivity index (χ3n) is 5.96. The number of aromatic nitrogens is 1. The second-order valence-electron chi connectivity index (χ2n) is 7.45. The first-order chi connectivity index (χ1) is 14.4. The second kappa shape index (κ2) is 8.69. The van der Waals surface area contributed by atoms with E-state index in [-0.39, 0.29) is 17.3 Å². The average molecular weight is 408 g/mol. The van der Waals surface area contributed by atoms with Gasteiger partial charge in [0.2, 0.25) is 0 Å². The lowest BCUT2D eigenvalue weighted by atomic mass is 9.86. The number of amides is 1. The van der Waals surface area contributed by atoms with Gasteiger partial charge in [-0.25, -0.2) is 0 Å². The number of benzene rings is 2. The van der Waals surface area contributed by atoms with Crippen LogP contribution in [0.5, 0.6) is 0 Å². The SMILES string of the molecule is CCc1c(NC(=O)c2[nH]cc([N+](=O)[O-])c2C)c(CC)c2c(CC)cccc2c1CC. The maximum absolute atomic E-state index is 13.1. The maximum Gasteiger partial charge on any atom is 0.290 e. The molecule has 6 heteroatoms. The van der Waals surface area contributed by atoms with Crippen molar-refractivity contribution in [2.24, 2.45) is 0 Å². The molecule has 0 aliphatic heterocycles. The molecule has 0 saturated carbocycles. The minimum Gasteiger partial charge on any atom is -0.351 e. The number of anilines is 1. The fraction of sp³-hybridized carbons (Fsp3) is 0.375. The Kier molecular flexibility index (Phi) is 6.25. The molecular formula is C24H29N3O3. The lowest BCUT2D eigenvalue weighted by Crippen LogP contribution is -2.18. The van der Waals surface area contributed by atoms with Crippen LogP contribution >= 0.6 is 0 Å². The van der Waals surface area contributed by atoms with Gasteiger partial charge < -0.3 is 10.3 Å². The molecular weight excluding hydrogens is 378 g/mol. The van der Waals surface area contributed by atoms with Gasteiger partial charge in [-0.2, -0.15) is 0 Å².